The molecule has 0 aromatic heterocycles. The van der Waals surface area contributed by atoms with E-state index in [4.69, 9.17) is 18.9 Å². The molecule has 0 bridgehead atoms. The molecule has 8 heteroatoms. The summed E-state index contributed by atoms with van der Waals surface area (Å²) in [6.07, 6.45) is 1.21. The molecule has 144 valence electrons. The van der Waals surface area contributed by atoms with Gasteiger partial charge in [0.05, 0.1) is 34.0 Å². The molecule has 2 N–H and O–H groups in total. The van der Waals surface area contributed by atoms with Gasteiger partial charge in [0.25, 0.3) is 0 Å². The Morgan fingerprint density at radius 2 is 1.48 bits per heavy atom. The summed E-state index contributed by atoms with van der Waals surface area (Å²) in [5.41, 5.74) is 0.211. The highest BCUT2D eigenvalue weighted by molar-refractivity contribution is 6.20. The summed E-state index contributed by atoms with van der Waals surface area (Å²) in [7, 11) is 5.45. The third-order valence-electron chi connectivity index (χ3n) is 3.77. The standard InChI is InChI=1S/C19H19FO7/c1-24-15-8-11(9-16(25-2)18(15)27-4)12(19(22)23)5-10-6-13(20)17(26-3)14(21)7-10/h5-9,21H,1-4H3,(H,22,23)/b12-5+. The molecule has 0 spiro atoms. The highest BCUT2D eigenvalue weighted by Crippen LogP contribution is 2.40. The van der Waals surface area contributed by atoms with Gasteiger partial charge in [0.15, 0.2) is 28.8 Å². The number of rotatable bonds is 7. The Kier molecular flexibility index (Phi) is 6.12. The Bertz CT molecular complexity index is 842. The lowest BCUT2D eigenvalue weighted by Gasteiger charge is -2.14. The Balaban J connectivity index is 2.65. The maximum atomic E-state index is 14.0. The Morgan fingerprint density at radius 1 is 0.926 bits per heavy atom. The lowest BCUT2D eigenvalue weighted by atomic mass is 10.0. The van der Waals surface area contributed by atoms with Crippen LogP contribution < -0.4 is 18.9 Å². The zero-order chi connectivity index (χ0) is 20.1. The molecule has 7 nitrogen and oxygen atoms in total. The number of hydrogen-bond donors (Lipinski definition) is 2. The fourth-order valence-corrected chi connectivity index (χ4v) is 2.56. The van der Waals surface area contributed by atoms with E-state index >= 15 is 0 Å². The number of methoxy groups -OCH3 is 4. The van der Waals surface area contributed by atoms with E-state index in [1.54, 1.807) is 0 Å². The molecular formula is C19H19FO7. The van der Waals surface area contributed by atoms with Crippen molar-refractivity contribution in [1.29, 1.82) is 0 Å². The first-order valence-electron chi connectivity index (χ1n) is 7.68. The molecule has 0 aliphatic rings. The van der Waals surface area contributed by atoms with E-state index in [0.29, 0.717) is 5.75 Å². The van der Waals surface area contributed by atoms with Crippen LogP contribution in [0, 0.1) is 5.82 Å². The zero-order valence-corrected chi connectivity index (χ0v) is 15.2. The first-order valence-corrected chi connectivity index (χ1v) is 7.68. The van der Waals surface area contributed by atoms with E-state index in [0.717, 1.165) is 6.07 Å². The van der Waals surface area contributed by atoms with Gasteiger partial charge in [0.1, 0.15) is 0 Å². The van der Waals surface area contributed by atoms with Crippen LogP contribution in [0.15, 0.2) is 24.3 Å². The van der Waals surface area contributed by atoms with Crippen molar-refractivity contribution >= 4 is 17.6 Å². The van der Waals surface area contributed by atoms with Gasteiger partial charge in [-0.05, 0) is 41.5 Å². The number of phenolic OH excluding ortho intramolecular Hbond substituents is 1. The number of carboxylic acid groups (broad SMARTS) is 1. The van der Waals surface area contributed by atoms with Crippen LogP contribution in [0.5, 0.6) is 28.7 Å². The largest absolute Gasteiger partial charge is 0.504 e. The summed E-state index contributed by atoms with van der Waals surface area (Å²) in [6.45, 7) is 0. The Hall–Kier alpha value is -3.42. The fraction of sp³-hybridized carbons (Fsp3) is 0.211. The number of phenols is 1. The molecule has 0 aliphatic heterocycles. The van der Waals surface area contributed by atoms with Crippen LogP contribution in [0.1, 0.15) is 11.1 Å². The van der Waals surface area contributed by atoms with Crippen molar-refractivity contribution in [3.05, 3.63) is 41.2 Å². The summed E-state index contributed by atoms with van der Waals surface area (Å²) < 4.78 is 34.4. The maximum absolute atomic E-state index is 14.0. The van der Waals surface area contributed by atoms with Crippen LogP contribution in [-0.2, 0) is 4.79 Å². The molecule has 0 aliphatic carbocycles. The van der Waals surface area contributed by atoms with Gasteiger partial charge in [-0.3, -0.25) is 0 Å². The minimum Gasteiger partial charge on any atom is -0.504 e. The van der Waals surface area contributed by atoms with Crippen molar-refractivity contribution in [1.82, 2.24) is 0 Å². The molecule has 0 heterocycles. The van der Waals surface area contributed by atoms with E-state index in [2.05, 4.69) is 0 Å². The molecule has 0 radical (unpaired) electrons. The van der Waals surface area contributed by atoms with Gasteiger partial charge in [-0.2, -0.15) is 0 Å². The number of carboxylic acids is 1. The normalized spacial score (nSPS) is 11.1. The first-order chi connectivity index (χ1) is 12.9. The summed E-state index contributed by atoms with van der Waals surface area (Å²) in [5.74, 6) is -2.01. The minimum atomic E-state index is -1.26. The van der Waals surface area contributed by atoms with Crippen LogP contribution in [0.4, 0.5) is 4.39 Å². The summed E-state index contributed by atoms with van der Waals surface area (Å²) in [4.78, 5) is 11.8. The molecule has 0 unspecified atom stereocenters. The smallest absolute Gasteiger partial charge is 0.336 e. The van der Waals surface area contributed by atoms with E-state index in [-0.39, 0.29) is 33.9 Å². The van der Waals surface area contributed by atoms with Gasteiger partial charge in [-0.1, -0.05) is 0 Å². The molecule has 2 aromatic carbocycles. The van der Waals surface area contributed by atoms with E-state index < -0.39 is 17.5 Å². The average Bonchev–Trinajstić information content (AvgIpc) is 2.64. The molecule has 2 aromatic rings. The van der Waals surface area contributed by atoms with Crippen molar-refractivity contribution < 1.29 is 38.3 Å². The Morgan fingerprint density at radius 3 is 1.89 bits per heavy atom. The van der Waals surface area contributed by atoms with Crippen LogP contribution in [0.25, 0.3) is 11.6 Å². The van der Waals surface area contributed by atoms with Crippen molar-refractivity contribution in [3.8, 4) is 28.7 Å². The van der Waals surface area contributed by atoms with Crippen molar-refractivity contribution in [2.75, 3.05) is 28.4 Å². The molecule has 0 saturated carbocycles. The van der Waals surface area contributed by atoms with Gasteiger partial charge in [0.2, 0.25) is 5.75 Å². The van der Waals surface area contributed by atoms with E-state index in [9.17, 15) is 19.4 Å². The summed E-state index contributed by atoms with van der Waals surface area (Å²) in [5, 5.41) is 19.4. The molecular weight excluding hydrogens is 359 g/mol. The van der Waals surface area contributed by atoms with Crippen LogP contribution >= 0.6 is 0 Å². The summed E-state index contributed by atoms with van der Waals surface area (Å²) in [6, 6.07) is 5.17. The van der Waals surface area contributed by atoms with Gasteiger partial charge >= 0.3 is 5.97 Å². The van der Waals surface area contributed by atoms with Crippen LogP contribution in [-0.4, -0.2) is 44.6 Å². The highest BCUT2D eigenvalue weighted by Gasteiger charge is 2.19. The first kappa shape index (κ1) is 19.9. The van der Waals surface area contributed by atoms with Crippen LogP contribution in [0.2, 0.25) is 0 Å². The fourth-order valence-electron chi connectivity index (χ4n) is 2.56. The van der Waals surface area contributed by atoms with Crippen molar-refractivity contribution in [3.63, 3.8) is 0 Å². The maximum Gasteiger partial charge on any atom is 0.336 e. The van der Waals surface area contributed by atoms with Crippen molar-refractivity contribution in [2.24, 2.45) is 0 Å². The quantitative estimate of drug-likeness (QED) is 0.564. The molecule has 0 amide bonds. The van der Waals surface area contributed by atoms with Crippen molar-refractivity contribution in [2.45, 2.75) is 0 Å². The molecule has 0 saturated heterocycles. The Labute approximate surface area is 155 Å². The SMILES string of the molecule is COc1cc(/C(=C\c2cc(O)c(OC)c(F)c2)C(=O)O)cc(OC)c1OC. The lowest BCUT2D eigenvalue weighted by molar-refractivity contribution is -0.130. The monoisotopic (exact) mass is 378 g/mol. The number of aliphatic carboxylic acids is 1. The number of benzene rings is 2. The minimum absolute atomic E-state index is 0.136. The highest BCUT2D eigenvalue weighted by atomic mass is 19.1. The molecule has 0 atom stereocenters. The van der Waals surface area contributed by atoms with Gasteiger partial charge < -0.3 is 29.2 Å². The second-order valence-electron chi connectivity index (χ2n) is 5.33. The topological polar surface area (TPSA) is 94.5 Å². The van der Waals surface area contributed by atoms with Gasteiger partial charge in [0, 0.05) is 0 Å². The van der Waals surface area contributed by atoms with E-state index in [1.807, 2.05) is 0 Å². The molecule has 0 fully saturated rings. The summed E-state index contributed by atoms with van der Waals surface area (Å²) >= 11 is 0. The number of halogens is 1. The number of carbonyl (C=O) groups is 1. The van der Waals surface area contributed by atoms with Gasteiger partial charge in [-0.25, -0.2) is 9.18 Å². The number of hydrogen-bond acceptors (Lipinski definition) is 6. The third-order valence-corrected chi connectivity index (χ3v) is 3.77. The lowest BCUT2D eigenvalue weighted by Crippen LogP contribution is -2.02. The molecule has 27 heavy (non-hydrogen) atoms. The van der Waals surface area contributed by atoms with Crippen LogP contribution in [0.3, 0.4) is 0 Å². The van der Waals surface area contributed by atoms with Gasteiger partial charge in [-0.15, -0.1) is 0 Å². The predicted octanol–water partition coefficient (Wildman–Crippen LogP) is 3.19. The second kappa shape index (κ2) is 8.31. The second-order valence-corrected chi connectivity index (χ2v) is 5.33. The molecule has 2 rings (SSSR count). The number of aromatic hydroxyl groups is 1. The zero-order valence-electron chi connectivity index (χ0n) is 15.2. The predicted molar refractivity (Wildman–Crippen MR) is 96.2 cm³/mol. The number of ether oxygens (including phenoxy) is 4. The average molecular weight is 378 g/mol. The third kappa shape index (κ3) is 4.05. The van der Waals surface area contributed by atoms with E-state index in [1.165, 1.54) is 52.7 Å².